The molecule has 0 amide bonds. The van der Waals surface area contributed by atoms with Crippen LogP contribution >= 0.6 is 7.92 Å². The van der Waals surface area contributed by atoms with Gasteiger partial charge in [0.05, 0.1) is 22.3 Å². The van der Waals surface area contributed by atoms with Crippen molar-refractivity contribution in [1.82, 2.24) is 0 Å². The Kier molecular flexibility index (Phi) is 11.1. The lowest BCUT2D eigenvalue weighted by molar-refractivity contribution is -0.144. The van der Waals surface area contributed by atoms with Crippen molar-refractivity contribution in [2.75, 3.05) is 0 Å². The highest BCUT2D eigenvalue weighted by atomic mass is 31.1. The second-order valence-electron chi connectivity index (χ2n) is 12.8. The highest BCUT2D eigenvalue weighted by molar-refractivity contribution is 7.73. The summed E-state index contributed by atoms with van der Waals surface area (Å²) in [5, 5.41) is 1.08. The van der Waals surface area contributed by atoms with E-state index in [1.54, 1.807) is 37.5 Å². The first-order valence-electron chi connectivity index (χ1n) is 16.5. The third kappa shape index (κ3) is 8.24. The zero-order valence-electron chi connectivity index (χ0n) is 28.4. The van der Waals surface area contributed by atoms with Crippen LogP contribution in [0, 0.1) is 30.7 Å². The lowest BCUT2D eigenvalue weighted by atomic mass is 10.0. The molecule has 0 aromatic heterocycles. The van der Waals surface area contributed by atoms with Crippen LogP contribution in [0.3, 0.4) is 0 Å². The SMILES string of the molecule is C[C@H]([C]1[CH][CH][CH][C]1[Si](c1ccccc1)(c1ccccc1)c1ccccc1)P(c1cc(C(F)(F)F)cc(C(F)(F)F)c1)c1cc(C(F)(F)F)cc(C(F)(F)F)c1. The van der Waals surface area contributed by atoms with Crippen LogP contribution < -0.4 is 26.2 Å². The van der Waals surface area contributed by atoms with Gasteiger partial charge in [0.25, 0.3) is 0 Å². The Morgan fingerprint density at radius 3 is 1.04 bits per heavy atom. The van der Waals surface area contributed by atoms with Gasteiger partial charge in [0.15, 0.2) is 8.07 Å². The summed E-state index contributed by atoms with van der Waals surface area (Å²) in [4.78, 5) is 0. The first-order chi connectivity index (χ1) is 25.7. The number of benzene rings is 5. The predicted molar refractivity (Wildman–Crippen MR) is 192 cm³/mol. The highest BCUT2D eigenvalue weighted by Crippen LogP contribution is 2.54. The minimum absolute atomic E-state index is 0.124. The van der Waals surface area contributed by atoms with Gasteiger partial charge in [-0.3, -0.25) is 0 Å². The molecule has 285 valence electrons. The van der Waals surface area contributed by atoms with Crippen LogP contribution in [0.2, 0.25) is 0 Å². The van der Waals surface area contributed by atoms with Gasteiger partial charge in [-0.05, 0) is 107 Å². The second-order valence-corrected chi connectivity index (χ2v) is 19.1. The average molecular weight is 808 g/mol. The van der Waals surface area contributed by atoms with Crippen LogP contribution in [0.1, 0.15) is 29.2 Å². The molecule has 0 saturated heterocycles. The predicted octanol–water partition coefficient (Wildman–Crippen LogP) is 10.1. The first kappa shape index (κ1) is 40.6. The zero-order valence-corrected chi connectivity index (χ0v) is 30.3. The summed E-state index contributed by atoms with van der Waals surface area (Å²) in [5.41, 5.74) is -7.60. The van der Waals surface area contributed by atoms with E-state index in [1.807, 2.05) is 72.8 Å². The van der Waals surface area contributed by atoms with Gasteiger partial charge in [-0.2, -0.15) is 52.7 Å². The summed E-state index contributed by atoms with van der Waals surface area (Å²) in [7, 11) is -6.34. The maximum absolute atomic E-state index is 14.2. The molecule has 1 aliphatic carbocycles. The van der Waals surface area contributed by atoms with Gasteiger partial charge in [-0.15, -0.1) is 0 Å². The van der Waals surface area contributed by atoms with Crippen molar-refractivity contribution in [2.24, 2.45) is 0 Å². The average Bonchev–Trinajstić information content (AvgIpc) is 3.62. The van der Waals surface area contributed by atoms with Crippen LogP contribution in [-0.4, -0.2) is 13.7 Å². The number of alkyl halides is 12. The summed E-state index contributed by atoms with van der Waals surface area (Å²) in [6.45, 7) is 1.42. The van der Waals surface area contributed by atoms with Gasteiger partial charge in [0, 0.05) is 0 Å². The normalized spacial score (nSPS) is 15.8. The second kappa shape index (κ2) is 15.1. The molecular formula is C41H28F12PSi. The van der Waals surface area contributed by atoms with Gasteiger partial charge in [0.1, 0.15) is 0 Å². The lowest BCUT2D eigenvalue weighted by Crippen LogP contribution is -2.72. The molecule has 0 nitrogen and oxygen atoms in total. The van der Waals surface area contributed by atoms with Crippen LogP contribution in [0.15, 0.2) is 127 Å². The molecule has 0 heterocycles. The molecule has 0 bridgehead atoms. The lowest BCUT2D eigenvalue weighted by Gasteiger charge is -2.44. The summed E-state index contributed by atoms with van der Waals surface area (Å²) in [5.74, 6) is 0.353. The number of halogens is 12. The summed E-state index contributed by atoms with van der Waals surface area (Å²) < 4.78 is 171. The number of rotatable bonds is 8. The van der Waals surface area contributed by atoms with E-state index in [2.05, 4.69) is 0 Å². The monoisotopic (exact) mass is 807 g/mol. The van der Waals surface area contributed by atoms with Crippen molar-refractivity contribution in [3.63, 3.8) is 0 Å². The molecule has 0 spiro atoms. The molecule has 5 aromatic carbocycles. The molecule has 1 saturated carbocycles. The Labute approximate surface area is 312 Å². The number of hydrogen-bond acceptors (Lipinski definition) is 0. The quantitative estimate of drug-likeness (QED) is 0.0634. The fraction of sp³-hybridized carbons (Fsp3) is 0.146. The van der Waals surface area contributed by atoms with E-state index >= 15 is 0 Å². The van der Waals surface area contributed by atoms with E-state index in [1.165, 1.54) is 6.92 Å². The van der Waals surface area contributed by atoms with Crippen LogP contribution in [0.5, 0.6) is 0 Å². The van der Waals surface area contributed by atoms with E-state index in [9.17, 15) is 52.7 Å². The van der Waals surface area contributed by atoms with Crippen molar-refractivity contribution in [3.8, 4) is 0 Å². The van der Waals surface area contributed by atoms with Crippen molar-refractivity contribution < 1.29 is 52.7 Å². The van der Waals surface area contributed by atoms with Crippen LogP contribution in [0.4, 0.5) is 52.7 Å². The molecular weight excluding hydrogens is 779 g/mol. The topological polar surface area (TPSA) is 0 Å². The minimum Gasteiger partial charge on any atom is -0.166 e. The Morgan fingerprint density at radius 1 is 0.436 bits per heavy atom. The molecule has 1 atom stereocenters. The smallest absolute Gasteiger partial charge is 0.166 e. The summed E-state index contributed by atoms with van der Waals surface area (Å²) >= 11 is 0. The van der Waals surface area contributed by atoms with E-state index in [-0.39, 0.29) is 12.1 Å². The molecule has 6 rings (SSSR count). The van der Waals surface area contributed by atoms with Crippen molar-refractivity contribution in [1.29, 1.82) is 0 Å². The largest absolute Gasteiger partial charge is 0.416 e. The molecule has 0 aliphatic heterocycles. The maximum atomic E-state index is 14.2. The van der Waals surface area contributed by atoms with Gasteiger partial charge < -0.3 is 0 Å². The molecule has 1 aliphatic rings. The fourth-order valence-electron chi connectivity index (χ4n) is 7.06. The van der Waals surface area contributed by atoms with Gasteiger partial charge >= 0.3 is 24.7 Å². The van der Waals surface area contributed by atoms with E-state index in [0.717, 1.165) is 15.6 Å². The highest BCUT2D eigenvalue weighted by Gasteiger charge is 2.54. The van der Waals surface area contributed by atoms with Crippen molar-refractivity contribution in [3.05, 3.63) is 180 Å². The van der Waals surface area contributed by atoms with E-state index in [4.69, 9.17) is 0 Å². The van der Waals surface area contributed by atoms with Gasteiger partial charge in [0.2, 0.25) is 0 Å². The zero-order chi connectivity index (χ0) is 40.0. The Morgan fingerprint density at radius 2 is 0.745 bits per heavy atom. The molecule has 1 fully saturated rings. The first-order valence-corrected chi connectivity index (χ1v) is 19.9. The molecule has 5 aromatic rings. The van der Waals surface area contributed by atoms with Crippen molar-refractivity contribution in [2.45, 2.75) is 37.3 Å². The standard InChI is InChI=1S/C41H28F12PSi/c1-26(36-18-11-19-37(36)55(33-12-5-2-6-13-33,34-14-7-3-8-15-34)35-16-9-4-10-17-35)54(31-22-27(38(42,43)44)20-28(23-31)39(45,46)47)32-24-29(40(48,49)50)21-30(25-32)41(51,52)53/h2-26H,1H3/t26-/m1/s1. The summed E-state index contributed by atoms with van der Waals surface area (Å²) in [6, 6.07) is 28.9. The third-order valence-electron chi connectivity index (χ3n) is 9.41. The fourth-order valence-corrected chi connectivity index (χ4v) is 15.1. The molecule has 0 unspecified atom stereocenters. The van der Waals surface area contributed by atoms with Crippen molar-refractivity contribution >= 4 is 42.2 Å². The Balaban J connectivity index is 1.66. The van der Waals surface area contributed by atoms with E-state index in [0.29, 0.717) is 35.7 Å². The Bertz CT molecular complexity index is 1840. The molecule has 0 N–H and O–H groups in total. The molecule has 14 heteroatoms. The third-order valence-corrected chi connectivity index (χ3v) is 17.0. The molecule has 5 radical (unpaired) electrons. The van der Waals surface area contributed by atoms with Gasteiger partial charge in [-0.25, -0.2) is 0 Å². The maximum Gasteiger partial charge on any atom is 0.416 e. The minimum atomic E-state index is -5.34. The van der Waals surface area contributed by atoms with Crippen LogP contribution in [0.25, 0.3) is 0 Å². The Hall–Kier alpha value is -4.09. The number of hydrogen-bond donors (Lipinski definition) is 0. The van der Waals surface area contributed by atoms with Gasteiger partial charge in [-0.1, -0.05) is 97.9 Å². The summed E-state index contributed by atoms with van der Waals surface area (Å²) in [6.07, 6.45) is -16.4. The molecule has 55 heavy (non-hydrogen) atoms. The van der Waals surface area contributed by atoms with Crippen LogP contribution in [-0.2, 0) is 24.7 Å². The van der Waals surface area contributed by atoms with E-state index < -0.39 is 79.2 Å².